The van der Waals surface area contributed by atoms with E-state index in [1.165, 1.54) is 0 Å². The number of nitrogens with one attached hydrogen (secondary N) is 1. The average Bonchev–Trinajstić information content (AvgIpc) is 2.36. The molecule has 0 aliphatic carbocycles. The molecule has 0 aromatic heterocycles. The predicted molar refractivity (Wildman–Crippen MR) is 82.6 cm³/mol. The van der Waals surface area contributed by atoms with Crippen LogP contribution in [0.25, 0.3) is 0 Å². The van der Waals surface area contributed by atoms with E-state index in [4.69, 9.17) is 28.5 Å². The summed E-state index contributed by atoms with van der Waals surface area (Å²) in [7, 11) is 0. The first kappa shape index (κ1) is 14.2. The smallest absolute Gasteiger partial charge is 0.101 e. The van der Waals surface area contributed by atoms with Crippen molar-refractivity contribution in [3.63, 3.8) is 0 Å². The monoisotopic (exact) mass is 354 g/mol. The molecule has 0 aliphatic heterocycles. The first-order chi connectivity index (χ1) is 9.08. The van der Waals surface area contributed by atoms with Gasteiger partial charge in [0, 0.05) is 21.1 Å². The van der Waals surface area contributed by atoms with Crippen LogP contribution in [0.5, 0.6) is 0 Å². The molecule has 96 valence electrons. The number of nitrogens with zero attached hydrogens (tertiary/aromatic N) is 1. The minimum atomic E-state index is 0.552. The minimum absolute atomic E-state index is 0.552. The summed E-state index contributed by atoms with van der Waals surface area (Å²) in [5.74, 6) is 0. The van der Waals surface area contributed by atoms with Gasteiger partial charge in [0.2, 0.25) is 0 Å². The molecular formula is C14H9BrCl2N2. The molecule has 2 aromatic carbocycles. The molecule has 1 N–H and O–H groups in total. The van der Waals surface area contributed by atoms with Crippen LogP contribution in [0.3, 0.4) is 0 Å². The Balaban J connectivity index is 2.17. The van der Waals surface area contributed by atoms with Gasteiger partial charge in [-0.05, 0) is 42.0 Å². The van der Waals surface area contributed by atoms with Gasteiger partial charge in [0.15, 0.2) is 0 Å². The summed E-state index contributed by atoms with van der Waals surface area (Å²) < 4.78 is 0.875. The van der Waals surface area contributed by atoms with Crippen molar-refractivity contribution in [2.45, 2.75) is 6.54 Å². The van der Waals surface area contributed by atoms with Crippen LogP contribution in [0, 0.1) is 11.3 Å². The van der Waals surface area contributed by atoms with Gasteiger partial charge in [0.1, 0.15) is 6.07 Å². The van der Waals surface area contributed by atoms with Gasteiger partial charge in [-0.15, -0.1) is 0 Å². The molecule has 0 saturated carbocycles. The van der Waals surface area contributed by atoms with Crippen molar-refractivity contribution in [3.05, 3.63) is 62.0 Å². The second-order valence-corrected chi connectivity index (χ2v) is 5.72. The van der Waals surface area contributed by atoms with Crippen LogP contribution in [-0.2, 0) is 6.54 Å². The first-order valence-electron chi connectivity index (χ1n) is 5.47. The Bertz CT molecular complexity index is 630. The van der Waals surface area contributed by atoms with Crippen molar-refractivity contribution >= 4 is 44.8 Å². The Kier molecular flexibility index (Phi) is 4.71. The summed E-state index contributed by atoms with van der Waals surface area (Å²) in [6.45, 7) is 0.552. The average molecular weight is 356 g/mol. The van der Waals surface area contributed by atoms with Crippen LogP contribution in [-0.4, -0.2) is 0 Å². The maximum Gasteiger partial charge on any atom is 0.101 e. The second-order valence-electron chi connectivity index (χ2n) is 3.93. The lowest BCUT2D eigenvalue weighted by Crippen LogP contribution is -2.01. The molecule has 2 nitrogen and oxygen atoms in total. The van der Waals surface area contributed by atoms with E-state index < -0.39 is 0 Å². The van der Waals surface area contributed by atoms with Crippen molar-refractivity contribution in [3.8, 4) is 6.07 Å². The van der Waals surface area contributed by atoms with Crippen molar-refractivity contribution in [1.82, 2.24) is 0 Å². The van der Waals surface area contributed by atoms with E-state index in [9.17, 15) is 0 Å². The number of nitriles is 1. The number of halogens is 3. The summed E-state index contributed by atoms with van der Waals surface area (Å²) in [5, 5.41) is 13.5. The highest BCUT2D eigenvalue weighted by molar-refractivity contribution is 9.10. The van der Waals surface area contributed by atoms with Crippen LogP contribution >= 0.6 is 39.1 Å². The van der Waals surface area contributed by atoms with Gasteiger partial charge in [0.25, 0.3) is 0 Å². The first-order valence-corrected chi connectivity index (χ1v) is 7.02. The third-order valence-corrected chi connectivity index (χ3v) is 3.44. The normalized spacial score (nSPS) is 10.0. The van der Waals surface area contributed by atoms with E-state index in [-0.39, 0.29) is 0 Å². The van der Waals surface area contributed by atoms with Crippen LogP contribution in [0.15, 0.2) is 40.9 Å². The maximum atomic E-state index is 9.08. The van der Waals surface area contributed by atoms with Crippen molar-refractivity contribution in [2.24, 2.45) is 0 Å². The summed E-state index contributed by atoms with van der Waals surface area (Å²) in [5.41, 5.74) is 2.33. The summed E-state index contributed by atoms with van der Waals surface area (Å²) in [6, 6.07) is 13.0. The molecule has 0 heterocycles. The topological polar surface area (TPSA) is 35.8 Å². The Labute approximate surface area is 130 Å². The lowest BCUT2D eigenvalue weighted by atomic mass is 10.1. The van der Waals surface area contributed by atoms with Crippen LogP contribution in [0.4, 0.5) is 5.69 Å². The SMILES string of the molecule is N#Cc1cc(Br)ccc1NCc1cc(Cl)cc(Cl)c1. The fourth-order valence-corrected chi connectivity index (χ4v) is 2.61. The molecule has 2 rings (SSSR count). The van der Waals surface area contributed by atoms with Crippen molar-refractivity contribution < 1.29 is 0 Å². The van der Waals surface area contributed by atoms with Gasteiger partial charge in [-0.3, -0.25) is 0 Å². The fraction of sp³-hybridized carbons (Fsp3) is 0.0714. The zero-order chi connectivity index (χ0) is 13.8. The lowest BCUT2D eigenvalue weighted by molar-refractivity contribution is 1.15. The Morgan fingerprint density at radius 3 is 2.42 bits per heavy atom. The van der Waals surface area contributed by atoms with E-state index in [0.29, 0.717) is 22.2 Å². The van der Waals surface area contributed by atoms with E-state index >= 15 is 0 Å². The van der Waals surface area contributed by atoms with Gasteiger partial charge in [-0.1, -0.05) is 39.1 Å². The van der Waals surface area contributed by atoms with E-state index in [2.05, 4.69) is 27.3 Å². The third-order valence-electron chi connectivity index (χ3n) is 2.51. The molecule has 0 atom stereocenters. The van der Waals surface area contributed by atoms with Gasteiger partial charge in [0.05, 0.1) is 11.3 Å². The molecular weight excluding hydrogens is 347 g/mol. The van der Waals surface area contributed by atoms with Crippen LogP contribution < -0.4 is 5.32 Å². The highest BCUT2D eigenvalue weighted by Gasteiger charge is 2.03. The van der Waals surface area contributed by atoms with Crippen molar-refractivity contribution in [2.75, 3.05) is 5.32 Å². The zero-order valence-electron chi connectivity index (χ0n) is 9.75. The quantitative estimate of drug-likeness (QED) is 0.817. The molecule has 5 heteroatoms. The molecule has 0 amide bonds. The Morgan fingerprint density at radius 1 is 1.11 bits per heavy atom. The van der Waals surface area contributed by atoms with E-state index in [1.807, 2.05) is 24.3 Å². The molecule has 0 radical (unpaired) electrons. The minimum Gasteiger partial charge on any atom is -0.380 e. The highest BCUT2D eigenvalue weighted by atomic mass is 79.9. The lowest BCUT2D eigenvalue weighted by Gasteiger charge is -2.09. The van der Waals surface area contributed by atoms with Gasteiger partial charge in [-0.25, -0.2) is 0 Å². The third kappa shape index (κ3) is 3.87. The zero-order valence-corrected chi connectivity index (χ0v) is 12.9. The van der Waals surface area contributed by atoms with Gasteiger partial charge in [-0.2, -0.15) is 5.26 Å². The Morgan fingerprint density at radius 2 is 1.79 bits per heavy atom. The number of hydrogen-bond donors (Lipinski definition) is 1. The Hall–Kier alpha value is -1.21. The standard InChI is InChI=1S/C14H9BrCl2N2/c15-11-1-2-14(10(5-11)7-18)19-8-9-3-12(16)6-13(17)4-9/h1-6,19H,8H2. The molecule has 0 unspecified atom stereocenters. The number of benzene rings is 2. The highest BCUT2D eigenvalue weighted by Crippen LogP contribution is 2.23. The number of hydrogen-bond acceptors (Lipinski definition) is 2. The van der Waals surface area contributed by atoms with Crippen molar-refractivity contribution in [1.29, 1.82) is 5.26 Å². The molecule has 19 heavy (non-hydrogen) atoms. The van der Waals surface area contributed by atoms with E-state index in [1.54, 1.807) is 12.1 Å². The largest absolute Gasteiger partial charge is 0.380 e. The molecule has 0 aliphatic rings. The summed E-state index contributed by atoms with van der Waals surface area (Å²) in [4.78, 5) is 0. The number of anilines is 1. The maximum absolute atomic E-state index is 9.08. The van der Waals surface area contributed by atoms with Crippen LogP contribution in [0.1, 0.15) is 11.1 Å². The van der Waals surface area contributed by atoms with Crippen LogP contribution in [0.2, 0.25) is 10.0 Å². The molecule has 2 aromatic rings. The predicted octanol–water partition coefficient (Wildman–Crippen LogP) is 5.24. The van der Waals surface area contributed by atoms with E-state index in [0.717, 1.165) is 15.7 Å². The fourth-order valence-electron chi connectivity index (χ4n) is 1.67. The molecule has 0 fully saturated rings. The molecule has 0 spiro atoms. The molecule has 0 saturated heterocycles. The van der Waals surface area contributed by atoms with Gasteiger partial charge >= 0.3 is 0 Å². The second kappa shape index (κ2) is 6.29. The number of rotatable bonds is 3. The summed E-state index contributed by atoms with van der Waals surface area (Å²) in [6.07, 6.45) is 0. The summed E-state index contributed by atoms with van der Waals surface area (Å²) >= 11 is 15.2. The van der Waals surface area contributed by atoms with Gasteiger partial charge < -0.3 is 5.32 Å². The molecule has 0 bridgehead atoms.